The van der Waals surface area contributed by atoms with Gasteiger partial charge in [-0.2, -0.15) is 0 Å². The molecule has 0 saturated heterocycles. The van der Waals surface area contributed by atoms with Crippen molar-refractivity contribution >= 4 is 31.8 Å². The number of carboxylic acid groups (broad SMARTS) is 2. The van der Waals surface area contributed by atoms with Crippen LogP contribution in [0.3, 0.4) is 0 Å². The normalized spacial score (nSPS) is 14.0. The molecule has 1 rings (SSSR count). The zero-order chi connectivity index (χ0) is 22.9. The van der Waals surface area contributed by atoms with Crippen molar-refractivity contribution in [1.82, 2.24) is 0 Å². The molecule has 0 saturated carbocycles. The molecule has 0 aliphatic rings. The van der Waals surface area contributed by atoms with Gasteiger partial charge in [0.05, 0.1) is 20.4 Å². The SMILES string of the molecule is CC(C)(C)c1cc(SC[Si](C)(C)C)c(C(CC(=O)O)C(=O)O)c(C(C)(C)C)c1O. The van der Waals surface area contributed by atoms with Crippen LogP contribution in [0.5, 0.6) is 5.75 Å². The minimum atomic E-state index is -1.46. The van der Waals surface area contributed by atoms with E-state index in [9.17, 15) is 24.9 Å². The summed E-state index contributed by atoms with van der Waals surface area (Å²) in [6.07, 6.45) is -0.521. The molecule has 0 fully saturated rings. The Morgan fingerprint density at radius 1 is 1.03 bits per heavy atom. The Kier molecular flexibility index (Phi) is 7.69. The maximum absolute atomic E-state index is 12.1. The smallest absolute Gasteiger partial charge is 0.311 e. The summed E-state index contributed by atoms with van der Waals surface area (Å²) in [6.45, 7) is 18.5. The van der Waals surface area contributed by atoms with Crippen molar-refractivity contribution in [2.45, 2.75) is 89.2 Å². The second-order valence-corrected chi connectivity index (χ2v) is 17.9. The molecule has 0 aliphatic carbocycles. The van der Waals surface area contributed by atoms with Crippen molar-refractivity contribution in [3.8, 4) is 5.75 Å². The van der Waals surface area contributed by atoms with E-state index in [0.717, 1.165) is 15.8 Å². The lowest BCUT2D eigenvalue weighted by atomic mass is 9.74. The maximum Gasteiger partial charge on any atom is 0.311 e. The predicted octanol–water partition coefficient (Wildman–Crippen LogP) is 5.60. The van der Waals surface area contributed by atoms with Crippen molar-refractivity contribution in [1.29, 1.82) is 0 Å². The van der Waals surface area contributed by atoms with Gasteiger partial charge >= 0.3 is 11.9 Å². The van der Waals surface area contributed by atoms with Gasteiger partial charge in [0.1, 0.15) is 5.75 Å². The number of carbonyl (C=O) groups is 2. The van der Waals surface area contributed by atoms with Crippen LogP contribution < -0.4 is 0 Å². The fraction of sp³-hybridized carbons (Fsp3) is 0.636. The van der Waals surface area contributed by atoms with Gasteiger partial charge in [0, 0.05) is 16.0 Å². The Balaban J connectivity index is 3.99. The molecule has 1 unspecified atom stereocenters. The second-order valence-electron chi connectivity index (χ2n) is 10.9. The monoisotopic (exact) mass is 440 g/mol. The predicted molar refractivity (Wildman–Crippen MR) is 122 cm³/mol. The highest BCUT2D eigenvalue weighted by atomic mass is 32.2. The molecule has 5 nitrogen and oxygen atoms in total. The standard InChI is InChI=1S/C22H36O5SSi/c1-21(2,3)14-11-15(28-12-29(7,8)9)17(13(20(26)27)10-16(23)24)18(19(14)25)22(4,5)6/h11,13,25H,10,12H2,1-9H3,(H,23,24)(H,26,27). The van der Waals surface area contributed by atoms with E-state index < -0.39 is 37.8 Å². The van der Waals surface area contributed by atoms with Crippen molar-refractivity contribution in [3.63, 3.8) is 0 Å². The number of phenolic OH excluding ortho intramolecular Hbond substituents is 1. The number of phenols is 1. The largest absolute Gasteiger partial charge is 0.507 e. The van der Waals surface area contributed by atoms with E-state index in [2.05, 4.69) is 19.6 Å². The molecule has 3 N–H and O–H groups in total. The summed E-state index contributed by atoms with van der Waals surface area (Å²) < 4.78 is 0. The molecule has 7 heteroatoms. The van der Waals surface area contributed by atoms with Crippen LogP contribution in [0.25, 0.3) is 0 Å². The molecule has 1 aromatic rings. The first kappa shape index (κ1) is 25.6. The first-order valence-corrected chi connectivity index (χ1v) is 14.5. The molecule has 0 amide bonds. The summed E-state index contributed by atoms with van der Waals surface area (Å²) in [6, 6.07) is 1.88. The van der Waals surface area contributed by atoms with Gasteiger partial charge in [-0.3, -0.25) is 9.59 Å². The highest BCUT2D eigenvalue weighted by Gasteiger charge is 2.37. The summed E-state index contributed by atoms with van der Waals surface area (Å²) in [5.74, 6) is -3.49. The number of rotatable bonds is 7. The molecule has 0 radical (unpaired) electrons. The number of aromatic hydroxyl groups is 1. The van der Waals surface area contributed by atoms with Gasteiger partial charge in [0.2, 0.25) is 0 Å². The fourth-order valence-electron chi connectivity index (χ4n) is 3.24. The zero-order valence-electron chi connectivity index (χ0n) is 19.1. The fourth-order valence-corrected chi connectivity index (χ4v) is 6.20. The van der Waals surface area contributed by atoms with Crippen molar-refractivity contribution in [2.75, 3.05) is 5.38 Å². The van der Waals surface area contributed by atoms with Crippen LogP contribution in [0.1, 0.15) is 70.6 Å². The molecule has 0 aromatic heterocycles. The zero-order valence-corrected chi connectivity index (χ0v) is 21.0. The number of aliphatic carboxylic acids is 2. The third kappa shape index (κ3) is 6.78. The topological polar surface area (TPSA) is 94.8 Å². The van der Waals surface area contributed by atoms with Gasteiger partial charge < -0.3 is 15.3 Å². The van der Waals surface area contributed by atoms with E-state index in [0.29, 0.717) is 11.1 Å². The first-order chi connectivity index (χ1) is 12.9. The summed E-state index contributed by atoms with van der Waals surface area (Å²) in [7, 11) is -1.46. The Morgan fingerprint density at radius 2 is 1.55 bits per heavy atom. The minimum Gasteiger partial charge on any atom is -0.507 e. The van der Waals surface area contributed by atoms with E-state index in [1.807, 2.05) is 47.6 Å². The molecular formula is C22H36O5SSi. The van der Waals surface area contributed by atoms with E-state index in [1.165, 1.54) is 0 Å². The van der Waals surface area contributed by atoms with Crippen molar-refractivity contribution in [3.05, 3.63) is 22.8 Å². The maximum atomic E-state index is 12.1. The van der Waals surface area contributed by atoms with E-state index in [4.69, 9.17) is 0 Å². The first-order valence-electron chi connectivity index (χ1n) is 9.84. The highest BCUT2D eigenvalue weighted by Crippen LogP contribution is 2.48. The quantitative estimate of drug-likeness (QED) is 0.377. The van der Waals surface area contributed by atoms with E-state index in [1.54, 1.807) is 11.8 Å². The molecular weight excluding hydrogens is 404 g/mol. The lowest BCUT2D eigenvalue weighted by molar-refractivity contribution is -0.145. The van der Waals surface area contributed by atoms with Crippen LogP contribution in [0.2, 0.25) is 19.6 Å². The van der Waals surface area contributed by atoms with Crippen LogP contribution in [0, 0.1) is 0 Å². The van der Waals surface area contributed by atoms with Gasteiger partial charge in [-0.05, 0) is 27.8 Å². The Hall–Kier alpha value is -1.47. The number of hydrogen-bond acceptors (Lipinski definition) is 4. The van der Waals surface area contributed by atoms with Gasteiger partial charge in [0.15, 0.2) is 0 Å². The number of thioether (sulfide) groups is 1. The highest BCUT2D eigenvalue weighted by molar-refractivity contribution is 8.01. The summed E-state index contributed by atoms with van der Waals surface area (Å²) in [5.41, 5.74) is 0.839. The summed E-state index contributed by atoms with van der Waals surface area (Å²) in [5, 5.41) is 31.3. The van der Waals surface area contributed by atoms with Crippen molar-refractivity contribution < 1.29 is 24.9 Å². The molecule has 164 valence electrons. The van der Waals surface area contributed by atoms with Crippen LogP contribution in [0.15, 0.2) is 11.0 Å². The molecule has 1 atom stereocenters. The molecule has 0 spiro atoms. The van der Waals surface area contributed by atoms with Crippen molar-refractivity contribution in [2.24, 2.45) is 0 Å². The van der Waals surface area contributed by atoms with Crippen LogP contribution in [-0.2, 0) is 20.4 Å². The average Bonchev–Trinajstić information content (AvgIpc) is 2.47. The Morgan fingerprint density at radius 3 is 1.90 bits per heavy atom. The van der Waals surface area contributed by atoms with E-state index >= 15 is 0 Å². The molecule has 29 heavy (non-hydrogen) atoms. The Labute approximate surface area is 179 Å². The van der Waals surface area contributed by atoms with Gasteiger partial charge in [-0.1, -0.05) is 61.2 Å². The Bertz CT molecular complexity index is 782. The number of carboxylic acids is 2. The lowest BCUT2D eigenvalue weighted by Crippen LogP contribution is -2.27. The molecule has 0 heterocycles. The number of hydrogen-bond donors (Lipinski definition) is 3. The summed E-state index contributed by atoms with van der Waals surface area (Å²) in [4.78, 5) is 24.3. The molecule has 1 aromatic carbocycles. The third-order valence-corrected chi connectivity index (χ3v) is 9.24. The van der Waals surface area contributed by atoms with Crippen LogP contribution >= 0.6 is 11.8 Å². The molecule has 0 aliphatic heterocycles. The average molecular weight is 441 g/mol. The molecule has 0 bridgehead atoms. The number of benzene rings is 1. The van der Waals surface area contributed by atoms with Gasteiger partial charge in [-0.15, -0.1) is 11.8 Å². The van der Waals surface area contributed by atoms with E-state index in [-0.39, 0.29) is 11.2 Å². The van der Waals surface area contributed by atoms with Gasteiger partial charge in [0.25, 0.3) is 0 Å². The lowest BCUT2D eigenvalue weighted by Gasteiger charge is -2.33. The second kappa shape index (κ2) is 8.72. The summed E-state index contributed by atoms with van der Waals surface area (Å²) >= 11 is 1.59. The van der Waals surface area contributed by atoms with Crippen LogP contribution in [0.4, 0.5) is 0 Å². The minimum absolute atomic E-state index is 0.0778. The third-order valence-electron chi connectivity index (χ3n) is 4.55. The van der Waals surface area contributed by atoms with Crippen LogP contribution in [-0.4, -0.2) is 40.7 Å². The van der Waals surface area contributed by atoms with Gasteiger partial charge in [-0.25, -0.2) is 0 Å².